The summed E-state index contributed by atoms with van der Waals surface area (Å²) in [6.07, 6.45) is 2.84. The fourth-order valence-corrected chi connectivity index (χ4v) is 4.73. The Balaban J connectivity index is 1.77. The molecule has 0 aliphatic rings. The van der Waals surface area contributed by atoms with Crippen molar-refractivity contribution < 1.29 is 14.0 Å². The van der Waals surface area contributed by atoms with Crippen LogP contribution in [0.1, 0.15) is 61.6 Å². The molecule has 3 aromatic rings. The van der Waals surface area contributed by atoms with Gasteiger partial charge in [0.05, 0.1) is 0 Å². The molecule has 1 heterocycles. The number of carbonyl (C=O) groups excluding carboxylic acids is 2. The van der Waals surface area contributed by atoms with E-state index >= 15 is 0 Å². The Morgan fingerprint density at radius 1 is 1.00 bits per heavy atom. The van der Waals surface area contributed by atoms with Crippen LogP contribution in [0.4, 0.5) is 15.9 Å². The van der Waals surface area contributed by atoms with E-state index in [2.05, 4.69) is 34.4 Å². The summed E-state index contributed by atoms with van der Waals surface area (Å²) in [4.78, 5) is 33.3. The first-order valence-corrected chi connectivity index (χ1v) is 14.1. The van der Waals surface area contributed by atoms with Crippen molar-refractivity contribution in [3.63, 3.8) is 0 Å². The van der Waals surface area contributed by atoms with Crippen molar-refractivity contribution in [3.05, 3.63) is 89.4 Å². The molecule has 1 aromatic heterocycles. The smallest absolute Gasteiger partial charge is 0.251 e. The Kier molecular flexibility index (Phi) is 11.6. The molecular formula is C32H42FN5O2. The molecule has 0 saturated carbocycles. The number of pyridine rings is 1. The van der Waals surface area contributed by atoms with E-state index in [9.17, 15) is 14.0 Å². The molecule has 0 aliphatic carbocycles. The molecule has 0 saturated heterocycles. The number of rotatable bonds is 14. The third kappa shape index (κ3) is 9.16. The lowest BCUT2D eigenvalue weighted by atomic mass is 9.92. The monoisotopic (exact) mass is 547 g/mol. The summed E-state index contributed by atoms with van der Waals surface area (Å²) >= 11 is 0. The fraction of sp³-hybridized carbons (Fsp3) is 0.406. The van der Waals surface area contributed by atoms with E-state index in [1.165, 1.54) is 24.3 Å². The van der Waals surface area contributed by atoms with E-state index in [-0.39, 0.29) is 17.6 Å². The molecule has 0 spiro atoms. The van der Waals surface area contributed by atoms with E-state index in [1.54, 1.807) is 13.0 Å². The Labute approximate surface area is 237 Å². The maximum Gasteiger partial charge on any atom is 0.251 e. The second-order valence-electron chi connectivity index (χ2n) is 10.4. The predicted molar refractivity (Wildman–Crippen MR) is 160 cm³/mol. The molecule has 0 fully saturated rings. The summed E-state index contributed by atoms with van der Waals surface area (Å²) in [5.74, 6) is -0.439. The van der Waals surface area contributed by atoms with Crippen molar-refractivity contribution in [2.75, 3.05) is 23.3 Å². The number of hydrogen-bond acceptors (Lipinski definition) is 5. The van der Waals surface area contributed by atoms with Crippen LogP contribution in [0.5, 0.6) is 0 Å². The van der Waals surface area contributed by atoms with Gasteiger partial charge in [0.15, 0.2) is 0 Å². The summed E-state index contributed by atoms with van der Waals surface area (Å²) in [7, 11) is 0. The van der Waals surface area contributed by atoms with E-state index < -0.39 is 18.0 Å². The largest absolute Gasteiger partial charge is 0.357 e. The number of nitrogens with one attached hydrogen (secondary N) is 2. The highest BCUT2D eigenvalue weighted by Gasteiger charge is 2.26. The molecule has 0 unspecified atom stereocenters. The van der Waals surface area contributed by atoms with Gasteiger partial charge in [-0.2, -0.15) is 0 Å². The molecule has 0 aliphatic heterocycles. The quantitative estimate of drug-likeness (QED) is 0.248. The molecular weight excluding hydrogens is 505 g/mol. The minimum Gasteiger partial charge on any atom is -0.357 e. The van der Waals surface area contributed by atoms with E-state index in [4.69, 9.17) is 5.73 Å². The Morgan fingerprint density at radius 3 is 2.27 bits per heavy atom. The third-order valence-corrected chi connectivity index (χ3v) is 6.83. The fourth-order valence-electron chi connectivity index (χ4n) is 4.73. The molecule has 3 rings (SSSR count). The lowest BCUT2D eigenvalue weighted by Crippen LogP contribution is -2.50. The van der Waals surface area contributed by atoms with Crippen LogP contribution in [0, 0.1) is 18.7 Å². The van der Waals surface area contributed by atoms with Gasteiger partial charge in [-0.1, -0.05) is 51.1 Å². The van der Waals surface area contributed by atoms with Gasteiger partial charge in [0.25, 0.3) is 5.91 Å². The Hall–Kier alpha value is -3.78. The van der Waals surface area contributed by atoms with Crippen LogP contribution in [0.25, 0.3) is 0 Å². The highest BCUT2D eigenvalue weighted by molar-refractivity contribution is 5.95. The van der Waals surface area contributed by atoms with Gasteiger partial charge in [0, 0.05) is 48.0 Å². The van der Waals surface area contributed by atoms with E-state index in [0.29, 0.717) is 24.1 Å². The number of nitrogens with zero attached hydrogens (tertiary/aromatic N) is 2. The molecule has 40 heavy (non-hydrogen) atoms. The minimum absolute atomic E-state index is 0.215. The highest BCUT2D eigenvalue weighted by atomic mass is 19.1. The van der Waals surface area contributed by atoms with Gasteiger partial charge in [0.2, 0.25) is 5.91 Å². The summed E-state index contributed by atoms with van der Waals surface area (Å²) in [5, 5.41) is 5.97. The number of amides is 2. The van der Waals surface area contributed by atoms with Gasteiger partial charge in [-0.3, -0.25) is 9.59 Å². The number of carbonyl (C=O) groups is 2. The van der Waals surface area contributed by atoms with Crippen LogP contribution in [-0.2, 0) is 11.2 Å². The second-order valence-corrected chi connectivity index (χ2v) is 10.4. The summed E-state index contributed by atoms with van der Waals surface area (Å²) in [6.45, 7) is 9.68. The zero-order valence-corrected chi connectivity index (χ0v) is 24.0. The Morgan fingerprint density at radius 2 is 1.65 bits per heavy atom. The van der Waals surface area contributed by atoms with Crippen LogP contribution in [0.3, 0.4) is 0 Å². The zero-order chi connectivity index (χ0) is 29.1. The van der Waals surface area contributed by atoms with Crippen LogP contribution in [-0.4, -0.2) is 42.0 Å². The molecule has 8 heteroatoms. The van der Waals surface area contributed by atoms with Crippen LogP contribution < -0.4 is 21.3 Å². The number of halogens is 1. The average Bonchev–Trinajstić information content (AvgIpc) is 2.93. The van der Waals surface area contributed by atoms with Crippen LogP contribution >= 0.6 is 0 Å². The molecule has 2 amide bonds. The van der Waals surface area contributed by atoms with Gasteiger partial charge >= 0.3 is 0 Å². The van der Waals surface area contributed by atoms with E-state index in [1.807, 2.05) is 43.3 Å². The first-order valence-electron chi connectivity index (χ1n) is 14.1. The van der Waals surface area contributed by atoms with Gasteiger partial charge < -0.3 is 21.3 Å². The summed E-state index contributed by atoms with van der Waals surface area (Å²) < 4.78 is 13.2. The topological polar surface area (TPSA) is 100 Å². The van der Waals surface area contributed by atoms with Crippen molar-refractivity contribution in [2.24, 2.45) is 11.7 Å². The number of hydrogen-bond donors (Lipinski definition) is 3. The third-order valence-electron chi connectivity index (χ3n) is 6.83. The van der Waals surface area contributed by atoms with Crippen molar-refractivity contribution in [3.8, 4) is 0 Å². The lowest BCUT2D eigenvalue weighted by molar-refractivity contribution is -0.119. The maximum atomic E-state index is 13.6. The van der Waals surface area contributed by atoms with Crippen LogP contribution in [0.2, 0.25) is 0 Å². The standard InChI is InChI=1S/C32H42FN5O2/c1-5-16-38(17-6-2)30-21-25(19-23(4)35-30)32(40)37-29(20-24-10-8-7-9-11-24)28(34)18-22(3)31(39)36-27-14-12-26(33)13-15-27/h7-15,19,21-22,28-29H,5-6,16-18,20,34H2,1-4H3,(H,36,39)(H,37,40)/t22-,28+,29+/m1/s1. The number of aryl methyl sites for hydroxylation is 1. The van der Waals surface area contributed by atoms with E-state index in [0.717, 1.165) is 43.0 Å². The van der Waals surface area contributed by atoms with Gasteiger partial charge in [-0.25, -0.2) is 9.37 Å². The molecule has 0 radical (unpaired) electrons. The summed E-state index contributed by atoms with van der Waals surface area (Å²) in [5.41, 5.74) is 9.53. The molecule has 4 N–H and O–H groups in total. The number of anilines is 2. The predicted octanol–water partition coefficient (Wildman–Crippen LogP) is 5.49. The molecule has 214 valence electrons. The number of nitrogens with two attached hydrogens (primary N) is 1. The first kappa shape index (κ1) is 30.8. The van der Waals surface area contributed by atoms with Crippen molar-refractivity contribution in [1.82, 2.24) is 10.3 Å². The lowest BCUT2D eigenvalue weighted by Gasteiger charge is -2.28. The number of aromatic nitrogens is 1. The highest BCUT2D eigenvalue weighted by Crippen LogP contribution is 2.19. The molecule has 7 nitrogen and oxygen atoms in total. The van der Waals surface area contributed by atoms with Crippen molar-refractivity contribution in [2.45, 2.75) is 65.5 Å². The SMILES string of the molecule is CCCN(CCC)c1cc(C(=O)N[C@@H](Cc2ccccc2)[C@@H](N)C[C@@H](C)C(=O)Nc2ccc(F)cc2)cc(C)n1. The molecule has 2 aromatic carbocycles. The maximum absolute atomic E-state index is 13.6. The van der Waals surface area contributed by atoms with Gasteiger partial charge in [0.1, 0.15) is 11.6 Å². The zero-order valence-electron chi connectivity index (χ0n) is 24.0. The number of benzene rings is 2. The molecule has 0 bridgehead atoms. The van der Waals surface area contributed by atoms with Crippen LogP contribution in [0.15, 0.2) is 66.7 Å². The first-order chi connectivity index (χ1) is 19.2. The minimum atomic E-state index is -0.489. The Bertz CT molecular complexity index is 1230. The average molecular weight is 548 g/mol. The van der Waals surface area contributed by atoms with Crippen molar-refractivity contribution in [1.29, 1.82) is 0 Å². The summed E-state index contributed by atoms with van der Waals surface area (Å²) in [6, 6.07) is 18.2. The molecule has 3 atom stereocenters. The van der Waals surface area contributed by atoms with Gasteiger partial charge in [-0.05, 0) is 74.6 Å². The normalized spacial score (nSPS) is 13.2. The van der Waals surface area contributed by atoms with Gasteiger partial charge in [-0.15, -0.1) is 0 Å². The van der Waals surface area contributed by atoms with Crippen molar-refractivity contribution >= 4 is 23.3 Å². The second kappa shape index (κ2) is 15.1.